The van der Waals surface area contributed by atoms with Gasteiger partial charge in [-0.3, -0.25) is 0 Å². The summed E-state index contributed by atoms with van der Waals surface area (Å²) in [4.78, 5) is 11.0. The lowest BCUT2D eigenvalue weighted by molar-refractivity contribution is 0.0696. The van der Waals surface area contributed by atoms with Crippen LogP contribution in [0.5, 0.6) is 0 Å². The van der Waals surface area contributed by atoms with E-state index in [-0.39, 0.29) is 5.56 Å². The van der Waals surface area contributed by atoms with E-state index in [1.807, 2.05) is 4.68 Å². The predicted octanol–water partition coefficient (Wildman–Crippen LogP) is 2.49. The molecule has 94 valence electrons. The van der Waals surface area contributed by atoms with Crippen LogP contribution in [0.2, 0.25) is 0 Å². The molecule has 1 fully saturated rings. The average Bonchev–Trinajstić information content (AvgIpc) is 2.67. The average molecular weight is 245 g/mol. The highest BCUT2D eigenvalue weighted by Crippen LogP contribution is 2.48. The fraction of sp³-hybridized carbons (Fsp3) is 0.462. The molecular formula is C13H15N3O2. The van der Waals surface area contributed by atoms with Crippen molar-refractivity contribution in [1.29, 1.82) is 0 Å². The van der Waals surface area contributed by atoms with Crippen molar-refractivity contribution < 1.29 is 9.90 Å². The highest BCUT2D eigenvalue weighted by molar-refractivity contribution is 5.92. The van der Waals surface area contributed by atoms with Crippen LogP contribution >= 0.6 is 0 Å². The van der Waals surface area contributed by atoms with Gasteiger partial charge in [0.15, 0.2) is 0 Å². The molecule has 1 aromatic carbocycles. The Morgan fingerprint density at radius 3 is 2.78 bits per heavy atom. The number of hydrogen-bond donors (Lipinski definition) is 1. The molecule has 0 amide bonds. The van der Waals surface area contributed by atoms with Crippen molar-refractivity contribution >= 4 is 17.0 Å². The topological polar surface area (TPSA) is 68.0 Å². The Labute approximate surface area is 104 Å². The number of hydrogen-bond acceptors (Lipinski definition) is 3. The van der Waals surface area contributed by atoms with E-state index in [0.717, 1.165) is 23.9 Å². The summed E-state index contributed by atoms with van der Waals surface area (Å²) in [6.45, 7) is 4.45. The fourth-order valence-electron chi connectivity index (χ4n) is 2.73. The summed E-state index contributed by atoms with van der Waals surface area (Å²) in [5.41, 5.74) is 2.21. The third-order valence-corrected chi connectivity index (χ3v) is 3.64. The van der Waals surface area contributed by atoms with Gasteiger partial charge in [-0.2, -0.15) is 0 Å². The van der Waals surface area contributed by atoms with Crippen molar-refractivity contribution in [1.82, 2.24) is 15.0 Å². The quantitative estimate of drug-likeness (QED) is 0.882. The van der Waals surface area contributed by atoms with Gasteiger partial charge in [-0.1, -0.05) is 19.1 Å². The normalized spacial score (nSPS) is 18.8. The standard InChI is InChI=1S/C13H15N3O2/c1-13(2)6-9(7-13)16-11-5-8(12(17)18)3-4-10(11)14-15-16/h3-5,9H,6-7H2,1-2H3,(H,17,18). The molecule has 0 aliphatic heterocycles. The van der Waals surface area contributed by atoms with Gasteiger partial charge in [0.25, 0.3) is 0 Å². The smallest absolute Gasteiger partial charge is 0.335 e. The summed E-state index contributed by atoms with van der Waals surface area (Å²) in [6, 6.07) is 5.28. The van der Waals surface area contributed by atoms with Crippen LogP contribution in [-0.2, 0) is 0 Å². The first kappa shape index (κ1) is 11.2. The second-order valence-electron chi connectivity index (χ2n) is 5.77. The van der Waals surface area contributed by atoms with Crippen LogP contribution < -0.4 is 0 Å². The van der Waals surface area contributed by atoms with Gasteiger partial charge in [-0.25, -0.2) is 9.48 Å². The molecule has 0 atom stereocenters. The van der Waals surface area contributed by atoms with Crippen LogP contribution in [0.15, 0.2) is 18.2 Å². The van der Waals surface area contributed by atoms with E-state index in [4.69, 9.17) is 5.11 Å². The van der Waals surface area contributed by atoms with E-state index >= 15 is 0 Å². The number of rotatable bonds is 2. The molecule has 18 heavy (non-hydrogen) atoms. The number of nitrogens with zero attached hydrogens (tertiary/aromatic N) is 3. The molecule has 1 aromatic heterocycles. The van der Waals surface area contributed by atoms with Gasteiger partial charge in [-0.05, 0) is 36.5 Å². The number of carboxylic acid groups (broad SMARTS) is 1. The van der Waals surface area contributed by atoms with E-state index in [9.17, 15) is 4.79 Å². The molecule has 1 heterocycles. The van der Waals surface area contributed by atoms with Gasteiger partial charge >= 0.3 is 5.97 Å². The second-order valence-corrected chi connectivity index (χ2v) is 5.77. The van der Waals surface area contributed by atoms with Crippen LogP contribution in [0.1, 0.15) is 43.1 Å². The van der Waals surface area contributed by atoms with Gasteiger partial charge in [0.2, 0.25) is 0 Å². The lowest BCUT2D eigenvalue weighted by Crippen LogP contribution is -2.34. The summed E-state index contributed by atoms with van der Waals surface area (Å²) in [6.07, 6.45) is 2.12. The first-order valence-corrected chi connectivity index (χ1v) is 6.04. The number of aromatic carboxylic acids is 1. The van der Waals surface area contributed by atoms with Gasteiger partial charge < -0.3 is 5.11 Å². The van der Waals surface area contributed by atoms with Crippen molar-refractivity contribution in [3.05, 3.63) is 23.8 Å². The molecule has 1 saturated carbocycles. The van der Waals surface area contributed by atoms with Crippen LogP contribution in [0.25, 0.3) is 11.0 Å². The number of benzene rings is 1. The Morgan fingerprint density at radius 1 is 1.44 bits per heavy atom. The molecule has 0 unspecified atom stereocenters. The molecule has 0 spiro atoms. The van der Waals surface area contributed by atoms with Gasteiger partial charge in [-0.15, -0.1) is 5.10 Å². The molecule has 1 aliphatic carbocycles. The van der Waals surface area contributed by atoms with Crippen LogP contribution in [0.3, 0.4) is 0 Å². The Morgan fingerprint density at radius 2 is 2.17 bits per heavy atom. The summed E-state index contributed by atoms with van der Waals surface area (Å²) in [5, 5.41) is 17.3. The SMILES string of the molecule is CC1(C)CC(n2nnc3ccc(C(=O)O)cc32)C1. The van der Waals surface area contributed by atoms with Gasteiger partial charge in [0.05, 0.1) is 17.1 Å². The molecule has 2 aromatic rings. The number of fused-ring (bicyclic) bond motifs is 1. The molecule has 1 N–H and O–H groups in total. The minimum absolute atomic E-state index is 0.282. The van der Waals surface area contributed by atoms with Crippen molar-refractivity contribution in [3.8, 4) is 0 Å². The summed E-state index contributed by atoms with van der Waals surface area (Å²) < 4.78 is 1.87. The maximum atomic E-state index is 11.0. The third kappa shape index (κ3) is 1.66. The first-order valence-electron chi connectivity index (χ1n) is 6.04. The first-order chi connectivity index (χ1) is 8.46. The van der Waals surface area contributed by atoms with Crippen molar-refractivity contribution in [2.75, 3.05) is 0 Å². The van der Waals surface area contributed by atoms with Gasteiger partial charge in [0, 0.05) is 0 Å². The molecule has 0 bridgehead atoms. The Kier molecular flexibility index (Phi) is 2.20. The van der Waals surface area contributed by atoms with E-state index in [1.54, 1.807) is 18.2 Å². The van der Waals surface area contributed by atoms with E-state index in [2.05, 4.69) is 24.2 Å². The van der Waals surface area contributed by atoms with E-state index < -0.39 is 5.97 Å². The number of carbonyl (C=O) groups is 1. The molecule has 5 nitrogen and oxygen atoms in total. The maximum Gasteiger partial charge on any atom is 0.335 e. The monoisotopic (exact) mass is 245 g/mol. The second kappa shape index (κ2) is 3.54. The molecule has 5 heteroatoms. The summed E-state index contributed by atoms with van der Waals surface area (Å²) in [5.74, 6) is -0.918. The highest BCUT2D eigenvalue weighted by atomic mass is 16.4. The molecule has 0 radical (unpaired) electrons. The third-order valence-electron chi connectivity index (χ3n) is 3.64. The lowest BCUT2D eigenvalue weighted by Gasteiger charge is -2.42. The zero-order valence-corrected chi connectivity index (χ0v) is 10.4. The van der Waals surface area contributed by atoms with Crippen LogP contribution in [0, 0.1) is 5.41 Å². The molecule has 0 saturated heterocycles. The molecule has 3 rings (SSSR count). The number of carboxylic acids is 1. The molecular weight excluding hydrogens is 230 g/mol. The summed E-state index contributed by atoms with van der Waals surface area (Å²) >= 11 is 0. The maximum absolute atomic E-state index is 11.0. The zero-order chi connectivity index (χ0) is 12.9. The zero-order valence-electron chi connectivity index (χ0n) is 10.4. The largest absolute Gasteiger partial charge is 0.478 e. The Balaban J connectivity index is 2.03. The minimum atomic E-state index is -0.918. The predicted molar refractivity (Wildman–Crippen MR) is 66.5 cm³/mol. The highest BCUT2D eigenvalue weighted by Gasteiger charge is 2.38. The van der Waals surface area contributed by atoms with Crippen molar-refractivity contribution in [2.45, 2.75) is 32.7 Å². The van der Waals surface area contributed by atoms with E-state index in [1.165, 1.54) is 0 Å². The van der Waals surface area contributed by atoms with Gasteiger partial charge in [0.1, 0.15) is 5.52 Å². The van der Waals surface area contributed by atoms with Crippen molar-refractivity contribution in [2.24, 2.45) is 5.41 Å². The van der Waals surface area contributed by atoms with Crippen LogP contribution in [-0.4, -0.2) is 26.1 Å². The lowest BCUT2D eigenvalue weighted by atomic mass is 9.68. The molecule has 1 aliphatic rings. The fourth-order valence-corrected chi connectivity index (χ4v) is 2.73. The van der Waals surface area contributed by atoms with E-state index in [0.29, 0.717) is 11.5 Å². The number of aromatic nitrogens is 3. The Hall–Kier alpha value is -1.91. The minimum Gasteiger partial charge on any atom is -0.478 e. The van der Waals surface area contributed by atoms with Crippen molar-refractivity contribution in [3.63, 3.8) is 0 Å². The van der Waals surface area contributed by atoms with Crippen LogP contribution in [0.4, 0.5) is 0 Å². The summed E-state index contributed by atoms with van der Waals surface area (Å²) in [7, 11) is 0. The Bertz CT molecular complexity index is 622.